The van der Waals surface area contributed by atoms with Crippen molar-refractivity contribution in [2.75, 3.05) is 14.1 Å². The summed E-state index contributed by atoms with van der Waals surface area (Å²) in [6.07, 6.45) is -1.94. The Labute approximate surface area is 401 Å². The lowest BCUT2D eigenvalue weighted by molar-refractivity contribution is -0.169. The molecule has 372 valence electrons. The molecule has 8 atom stereocenters. The Morgan fingerprint density at radius 3 is 1.75 bits per heavy atom. The van der Waals surface area contributed by atoms with Gasteiger partial charge in [-0.05, 0) is 89.2 Å². The Kier molecular flexibility index (Phi) is 23.7. The first-order chi connectivity index (χ1) is 31.2. The number of Topliss-reactive ketones (excluding diaryl/α,β-unsaturated/α-hetero) is 2. The van der Waals surface area contributed by atoms with Crippen LogP contribution in [0.5, 0.6) is 0 Å². The van der Waals surface area contributed by atoms with Crippen LogP contribution in [-0.2, 0) is 60.6 Å². The van der Waals surface area contributed by atoms with Gasteiger partial charge in [0, 0.05) is 39.1 Å². The van der Waals surface area contributed by atoms with Crippen LogP contribution in [0.2, 0.25) is 0 Å². The third-order valence-corrected chi connectivity index (χ3v) is 12.1. The van der Waals surface area contributed by atoms with Gasteiger partial charge in [-0.25, -0.2) is 4.79 Å². The van der Waals surface area contributed by atoms with Crippen LogP contribution in [0.4, 0.5) is 0 Å². The molecule has 2 unspecified atom stereocenters. The number of hydrogen-bond acceptors (Lipinski definition) is 11. The Bertz CT molecular complexity index is 1990. The highest BCUT2D eigenvalue weighted by Gasteiger charge is 2.38. The molecule has 13 nitrogen and oxygen atoms in total. The van der Waals surface area contributed by atoms with Gasteiger partial charge in [-0.1, -0.05) is 122 Å². The first-order valence-electron chi connectivity index (χ1n) is 24.0. The molecule has 0 aliphatic rings. The van der Waals surface area contributed by atoms with E-state index in [2.05, 4.69) is 11.9 Å². The molecule has 0 heterocycles. The van der Waals surface area contributed by atoms with Gasteiger partial charge in [0.05, 0.1) is 17.9 Å². The molecule has 13 heteroatoms. The molecule has 0 aliphatic heterocycles. The molecule has 2 rings (SSSR count). The molecule has 1 N–H and O–H groups in total. The van der Waals surface area contributed by atoms with E-state index in [0.717, 1.165) is 22.3 Å². The molecular formula is C54H81N3O10. The molecule has 0 bridgehead atoms. The Morgan fingerprint density at radius 2 is 1.21 bits per heavy atom. The van der Waals surface area contributed by atoms with Gasteiger partial charge in [-0.3, -0.25) is 28.8 Å². The number of hydrogen-bond donors (Lipinski definition) is 1. The molecule has 2 aromatic carbocycles. The number of amides is 2. The van der Waals surface area contributed by atoms with E-state index in [1.165, 1.54) is 25.8 Å². The monoisotopic (exact) mass is 932 g/mol. The normalized spacial score (nSPS) is 15.0. The molecule has 2 aromatic rings. The number of nitrogens with one attached hydrogen (secondary N) is 1. The predicted octanol–water partition coefficient (Wildman–Crippen LogP) is 8.34. The maximum absolute atomic E-state index is 14.3. The van der Waals surface area contributed by atoms with E-state index in [1.807, 2.05) is 111 Å². The Hall–Kier alpha value is -5.33. The van der Waals surface area contributed by atoms with Crippen LogP contribution in [0.15, 0.2) is 60.8 Å². The molecular weight excluding hydrogens is 851 g/mol. The number of carbonyl (C=O) groups is 7. The molecule has 2 amide bonds. The Balaban J connectivity index is 2.39. The lowest BCUT2D eigenvalue weighted by Crippen LogP contribution is -2.50. The molecule has 0 saturated heterocycles. The fraction of sp³-hybridized carbons (Fsp3) is 0.611. The lowest BCUT2D eigenvalue weighted by atomic mass is 9.91. The molecule has 0 fully saturated rings. The number of rotatable bonds is 28. The van der Waals surface area contributed by atoms with Crippen LogP contribution >= 0.6 is 0 Å². The van der Waals surface area contributed by atoms with Crippen molar-refractivity contribution in [1.82, 2.24) is 15.1 Å². The zero-order valence-electron chi connectivity index (χ0n) is 43.1. The van der Waals surface area contributed by atoms with Crippen LogP contribution in [0, 0.1) is 43.4 Å². The van der Waals surface area contributed by atoms with Gasteiger partial charge in [0.15, 0.2) is 23.8 Å². The number of benzene rings is 2. The van der Waals surface area contributed by atoms with Gasteiger partial charge < -0.3 is 29.3 Å². The van der Waals surface area contributed by atoms with E-state index < -0.39 is 77.9 Å². The predicted molar refractivity (Wildman–Crippen MR) is 262 cm³/mol. The van der Waals surface area contributed by atoms with Crippen molar-refractivity contribution in [2.24, 2.45) is 29.6 Å². The largest absolute Gasteiger partial charge is 0.455 e. The summed E-state index contributed by atoms with van der Waals surface area (Å²) in [5.41, 5.74) is 4.03. The summed E-state index contributed by atoms with van der Waals surface area (Å²) in [5.74, 6) is -4.81. The number of ether oxygens (including phenoxy) is 3. The molecule has 0 aliphatic carbocycles. The maximum atomic E-state index is 14.3. The number of likely N-dealkylation sites (N-methyl/N-ethyl adjacent to an activating group) is 2. The smallest absolute Gasteiger partial charge is 0.329 e. The van der Waals surface area contributed by atoms with Crippen LogP contribution in [0.1, 0.15) is 131 Å². The first kappa shape index (κ1) is 57.8. The average molecular weight is 932 g/mol. The van der Waals surface area contributed by atoms with Crippen molar-refractivity contribution in [3.8, 4) is 0 Å². The second-order valence-corrected chi connectivity index (χ2v) is 19.8. The van der Waals surface area contributed by atoms with Crippen LogP contribution in [-0.4, -0.2) is 102 Å². The number of aryl methyl sites for hydroxylation is 2. The molecule has 67 heavy (non-hydrogen) atoms. The summed E-state index contributed by atoms with van der Waals surface area (Å²) in [7, 11) is 3.17. The van der Waals surface area contributed by atoms with E-state index in [-0.39, 0.29) is 61.5 Å². The third-order valence-electron chi connectivity index (χ3n) is 12.1. The molecule has 0 spiro atoms. The van der Waals surface area contributed by atoms with Crippen molar-refractivity contribution in [2.45, 2.75) is 171 Å². The van der Waals surface area contributed by atoms with Crippen LogP contribution in [0.25, 0.3) is 0 Å². The average Bonchev–Trinajstić information content (AvgIpc) is 3.24. The Morgan fingerprint density at radius 1 is 0.642 bits per heavy atom. The van der Waals surface area contributed by atoms with Crippen LogP contribution in [0.3, 0.4) is 0 Å². The summed E-state index contributed by atoms with van der Waals surface area (Å²) in [4.78, 5) is 98.2. The summed E-state index contributed by atoms with van der Waals surface area (Å²) in [6.45, 7) is 27.9. The van der Waals surface area contributed by atoms with Crippen molar-refractivity contribution >= 4 is 41.3 Å². The summed E-state index contributed by atoms with van der Waals surface area (Å²) >= 11 is 0. The zero-order valence-corrected chi connectivity index (χ0v) is 43.1. The minimum Gasteiger partial charge on any atom is -0.455 e. The van der Waals surface area contributed by atoms with Gasteiger partial charge in [-0.15, -0.1) is 0 Å². The standard InChI is InChI=1S/C54H81N3O10/c1-17-45(50(60)55-38(11)40(13)58)56(15)39(12)48(29-42-23-21-35(8)22-24-42)66-53(63)44(26-33(4)5)31-47(59)41(14)65-54(64)46(27-34(6)7)57(16)51(61)49(30-43-20-18-19-36(9)28-43)67-52(62)37(10)25-32(2)3/h18-24,28,32-34,37-38,41,44-46,48-49H,12,17,25-27,29-31H2,1-11,13-16H3,(H,55,60)/t37-,38+,41+,44?,45-,46?,48+,49+/m0/s1. The summed E-state index contributed by atoms with van der Waals surface area (Å²) in [6, 6.07) is 12.8. The van der Waals surface area contributed by atoms with E-state index in [0.29, 0.717) is 18.5 Å². The number of carbonyl (C=O) groups excluding carboxylic acids is 7. The van der Waals surface area contributed by atoms with Gasteiger partial charge in [-0.2, -0.15) is 0 Å². The van der Waals surface area contributed by atoms with E-state index >= 15 is 0 Å². The van der Waals surface area contributed by atoms with Gasteiger partial charge in [0.25, 0.3) is 5.91 Å². The third kappa shape index (κ3) is 19.1. The van der Waals surface area contributed by atoms with Crippen molar-refractivity contribution < 1.29 is 47.8 Å². The van der Waals surface area contributed by atoms with Crippen molar-refractivity contribution in [3.05, 3.63) is 83.1 Å². The van der Waals surface area contributed by atoms with E-state index in [1.54, 1.807) is 25.8 Å². The van der Waals surface area contributed by atoms with Crippen LogP contribution < -0.4 is 5.32 Å². The first-order valence-corrected chi connectivity index (χ1v) is 24.0. The fourth-order valence-corrected chi connectivity index (χ4v) is 7.97. The maximum Gasteiger partial charge on any atom is 0.329 e. The highest BCUT2D eigenvalue weighted by Crippen LogP contribution is 2.26. The second-order valence-electron chi connectivity index (χ2n) is 19.8. The highest BCUT2D eigenvalue weighted by atomic mass is 16.6. The highest BCUT2D eigenvalue weighted by molar-refractivity contribution is 5.92. The molecule has 0 aromatic heterocycles. The fourth-order valence-electron chi connectivity index (χ4n) is 7.97. The summed E-state index contributed by atoms with van der Waals surface area (Å²) < 4.78 is 18.0. The topological polar surface area (TPSA) is 166 Å². The minimum atomic E-state index is -1.28. The number of ketones is 2. The van der Waals surface area contributed by atoms with Gasteiger partial charge in [0.2, 0.25) is 5.91 Å². The van der Waals surface area contributed by atoms with E-state index in [9.17, 15) is 33.6 Å². The lowest BCUT2D eigenvalue weighted by Gasteiger charge is -2.34. The van der Waals surface area contributed by atoms with E-state index in [4.69, 9.17) is 14.2 Å². The molecule has 0 radical (unpaired) electrons. The molecule has 0 saturated carbocycles. The van der Waals surface area contributed by atoms with Gasteiger partial charge in [0.1, 0.15) is 18.2 Å². The van der Waals surface area contributed by atoms with Crippen molar-refractivity contribution in [3.63, 3.8) is 0 Å². The summed E-state index contributed by atoms with van der Waals surface area (Å²) in [5, 5.41) is 2.76. The number of nitrogens with zero attached hydrogens (tertiary/aromatic N) is 2. The quantitative estimate of drug-likeness (QED) is 0.0644. The SMILES string of the molecule is C=C([C@@H](Cc1ccc(C)cc1)OC(=O)C(CC(=O)[C@@H](C)OC(=O)C(CC(C)C)N(C)C(=O)[C@@H](Cc1cccc(C)c1)OC(=O)[C@@H](C)CC(C)C)CC(C)C)N(C)[C@@H](CC)C(=O)N[C@H](C)C(C)=O. The number of esters is 3. The second kappa shape index (κ2) is 27.5. The van der Waals surface area contributed by atoms with Crippen molar-refractivity contribution in [1.29, 1.82) is 0 Å². The zero-order chi connectivity index (χ0) is 50.9. The van der Waals surface area contributed by atoms with Gasteiger partial charge >= 0.3 is 17.9 Å². The minimum absolute atomic E-state index is 0.0219.